The Hall–Kier alpha value is -1.88. The van der Waals surface area contributed by atoms with Crippen molar-refractivity contribution < 1.29 is 45.4 Å². The van der Waals surface area contributed by atoms with E-state index in [0.717, 1.165) is 18.2 Å². The van der Waals surface area contributed by atoms with E-state index in [-0.39, 0.29) is 18.8 Å². The number of aliphatic carboxylic acids is 1. The molecule has 4 nitrogen and oxygen atoms in total. The number of benzene rings is 1. The molecule has 1 aliphatic heterocycles. The minimum atomic E-state index is -5.08. The van der Waals surface area contributed by atoms with Crippen molar-refractivity contribution in [2.24, 2.45) is 0 Å². The minimum Gasteiger partial charge on any atom is -0.475 e. The van der Waals surface area contributed by atoms with Crippen LogP contribution in [0.5, 0.6) is 0 Å². The first-order valence-corrected chi connectivity index (χ1v) is 6.83. The third kappa shape index (κ3) is 6.16. The van der Waals surface area contributed by atoms with Gasteiger partial charge in [0.2, 0.25) is 0 Å². The SMILES string of the molecule is CC1NCC1OCc1c(F)cccc1C(F)(F)F.O=C(O)C(F)(F)F. The van der Waals surface area contributed by atoms with Crippen molar-refractivity contribution in [2.75, 3.05) is 6.54 Å². The summed E-state index contributed by atoms with van der Waals surface area (Å²) >= 11 is 0. The zero-order chi connectivity index (χ0) is 19.4. The third-order valence-corrected chi connectivity index (χ3v) is 3.31. The fraction of sp³-hybridized carbons (Fsp3) is 0.500. The summed E-state index contributed by atoms with van der Waals surface area (Å²) in [6.07, 6.45) is -9.81. The van der Waals surface area contributed by atoms with E-state index in [0.29, 0.717) is 6.54 Å². The number of nitrogens with one attached hydrogen (secondary N) is 1. The Morgan fingerprint density at radius 2 is 1.84 bits per heavy atom. The lowest BCUT2D eigenvalue weighted by atomic mass is 10.0. The summed E-state index contributed by atoms with van der Waals surface area (Å²) in [5.74, 6) is -3.64. The van der Waals surface area contributed by atoms with Crippen molar-refractivity contribution in [2.45, 2.75) is 38.0 Å². The summed E-state index contributed by atoms with van der Waals surface area (Å²) in [4.78, 5) is 8.90. The lowest BCUT2D eigenvalue weighted by Gasteiger charge is -2.35. The number of carboxylic acid groups (broad SMARTS) is 1. The standard InChI is InChI=1S/C12H13F4NO.C2HF3O2/c1-7-11(5-17-7)18-6-8-9(12(14,15)16)3-2-4-10(8)13;3-2(4,5)1(6)7/h2-4,7,11,17H,5-6H2,1H3;(H,6,7). The first-order valence-electron chi connectivity index (χ1n) is 6.83. The molecule has 2 atom stereocenters. The number of hydrogen-bond acceptors (Lipinski definition) is 3. The topological polar surface area (TPSA) is 58.6 Å². The summed E-state index contributed by atoms with van der Waals surface area (Å²) in [5, 5.41) is 10.1. The molecular weight excluding hydrogens is 363 g/mol. The highest BCUT2D eigenvalue weighted by molar-refractivity contribution is 5.73. The highest BCUT2D eigenvalue weighted by Gasteiger charge is 2.38. The zero-order valence-corrected chi connectivity index (χ0v) is 12.7. The van der Waals surface area contributed by atoms with E-state index >= 15 is 0 Å². The lowest BCUT2D eigenvalue weighted by Crippen LogP contribution is -2.56. The first-order chi connectivity index (χ1) is 11.3. The van der Waals surface area contributed by atoms with Crippen LogP contribution in [0.25, 0.3) is 0 Å². The van der Waals surface area contributed by atoms with E-state index in [9.17, 15) is 30.7 Å². The molecule has 0 bridgehead atoms. The normalized spacial score (nSPS) is 20.3. The van der Waals surface area contributed by atoms with Gasteiger partial charge < -0.3 is 15.2 Å². The van der Waals surface area contributed by atoms with Crippen LogP contribution in [0.2, 0.25) is 0 Å². The van der Waals surface area contributed by atoms with E-state index in [1.54, 1.807) is 0 Å². The van der Waals surface area contributed by atoms with Crippen molar-refractivity contribution in [1.82, 2.24) is 5.32 Å². The molecule has 1 aromatic rings. The molecular formula is C14H14F7NO3. The number of carboxylic acids is 1. The van der Waals surface area contributed by atoms with Crippen molar-refractivity contribution in [3.63, 3.8) is 0 Å². The molecule has 0 aromatic heterocycles. The van der Waals surface area contributed by atoms with Crippen molar-refractivity contribution >= 4 is 5.97 Å². The summed E-state index contributed by atoms with van der Waals surface area (Å²) in [5.41, 5.74) is -1.40. The van der Waals surface area contributed by atoms with Gasteiger partial charge in [0, 0.05) is 18.2 Å². The van der Waals surface area contributed by atoms with Crippen LogP contribution >= 0.6 is 0 Å². The molecule has 0 aliphatic carbocycles. The van der Waals surface area contributed by atoms with Crippen LogP contribution in [-0.4, -0.2) is 35.9 Å². The number of alkyl halides is 6. The van der Waals surface area contributed by atoms with Crippen LogP contribution in [0.15, 0.2) is 18.2 Å². The van der Waals surface area contributed by atoms with E-state index in [2.05, 4.69) is 5.32 Å². The molecule has 25 heavy (non-hydrogen) atoms. The van der Waals surface area contributed by atoms with Crippen LogP contribution in [0.1, 0.15) is 18.1 Å². The summed E-state index contributed by atoms with van der Waals surface area (Å²) < 4.78 is 88.6. The molecule has 11 heteroatoms. The Kier molecular flexibility index (Phi) is 6.77. The highest BCUT2D eigenvalue weighted by atomic mass is 19.4. The van der Waals surface area contributed by atoms with Crippen LogP contribution in [-0.2, 0) is 22.3 Å². The molecule has 2 unspecified atom stereocenters. The summed E-state index contributed by atoms with van der Waals surface area (Å²) in [6.45, 7) is 2.08. The average molecular weight is 377 g/mol. The molecule has 0 spiro atoms. The number of ether oxygens (including phenoxy) is 1. The maximum atomic E-state index is 13.5. The lowest BCUT2D eigenvalue weighted by molar-refractivity contribution is -0.192. The van der Waals surface area contributed by atoms with Gasteiger partial charge in [0.25, 0.3) is 0 Å². The van der Waals surface area contributed by atoms with E-state index in [4.69, 9.17) is 14.6 Å². The molecule has 0 amide bonds. The number of hydrogen-bond donors (Lipinski definition) is 2. The molecule has 0 radical (unpaired) electrons. The van der Waals surface area contributed by atoms with Gasteiger partial charge in [0.1, 0.15) is 5.82 Å². The predicted molar refractivity (Wildman–Crippen MR) is 71.1 cm³/mol. The fourth-order valence-corrected chi connectivity index (χ4v) is 1.81. The Morgan fingerprint density at radius 1 is 1.28 bits per heavy atom. The van der Waals surface area contributed by atoms with Gasteiger partial charge in [-0.15, -0.1) is 0 Å². The van der Waals surface area contributed by atoms with E-state index in [1.165, 1.54) is 0 Å². The van der Waals surface area contributed by atoms with Crippen LogP contribution in [0.4, 0.5) is 30.7 Å². The monoisotopic (exact) mass is 377 g/mol. The Balaban J connectivity index is 0.000000381. The first kappa shape index (κ1) is 21.2. The molecule has 1 saturated heterocycles. The number of carbonyl (C=O) groups is 1. The molecule has 142 valence electrons. The number of halogens is 7. The Labute approximate surface area is 137 Å². The molecule has 1 aliphatic rings. The molecule has 1 fully saturated rings. The Morgan fingerprint density at radius 3 is 2.20 bits per heavy atom. The maximum Gasteiger partial charge on any atom is 0.490 e. The molecule has 0 saturated carbocycles. The fourth-order valence-electron chi connectivity index (χ4n) is 1.81. The van der Waals surface area contributed by atoms with Gasteiger partial charge in [-0.05, 0) is 19.1 Å². The van der Waals surface area contributed by atoms with Gasteiger partial charge in [-0.3, -0.25) is 0 Å². The van der Waals surface area contributed by atoms with Crippen molar-refractivity contribution in [3.8, 4) is 0 Å². The quantitative estimate of drug-likeness (QED) is 0.794. The number of rotatable bonds is 3. The second-order valence-electron chi connectivity index (χ2n) is 5.11. The van der Waals surface area contributed by atoms with Crippen LogP contribution in [0.3, 0.4) is 0 Å². The smallest absolute Gasteiger partial charge is 0.475 e. The van der Waals surface area contributed by atoms with E-state index < -0.39 is 35.3 Å². The van der Waals surface area contributed by atoms with Gasteiger partial charge in [0.05, 0.1) is 18.3 Å². The van der Waals surface area contributed by atoms with Crippen molar-refractivity contribution in [1.29, 1.82) is 0 Å². The highest BCUT2D eigenvalue weighted by Crippen LogP contribution is 2.33. The van der Waals surface area contributed by atoms with Gasteiger partial charge in [-0.25, -0.2) is 9.18 Å². The van der Waals surface area contributed by atoms with Gasteiger partial charge in [-0.2, -0.15) is 26.3 Å². The Bertz CT molecular complexity index is 601. The summed E-state index contributed by atoms with van der Waals surface area (Å²) in [6, 6.07) is 3.02. The van der Waals surface area contributed by atoms with Gasteiger partial charge >= 0.3 is 18.3 Å². The second kappa shape index (κ2) is 8.00. The minimum absolute atomic E-state index is 0.0890. The van der Waals surface area contributed by atoms with Gasteiger partial charge in [0.15, 0.2) is 0 Å². The zero-order valence-electron chi connectivity index (χ0n) is 12.7. The second-order valence-corrected chi connectivity index (χ2v) is 5.11. The summed E-state index contributed by atoms with van der Waals surface area (Å²) in [7, 11) is 0. The van der Waals surface area contributed by atoms with Gasteiger partial charge in [-0.1, -0.05) is 6.07 Å². The predicted octanol–water partition coefficient (Wildman–Crippen LogP) is 3.35. The van der Waals surface area contributed by atoms with E-state index in [1.807, 2.05) is 6.92 Å². The largest absolute Gasteiger partial charge is 0.490 e. The molecule has 2 rings (SSSR count). The average Bonchev–Trinajstić information content (AvgIpc) is 2.45. The van der Waals surface area contributed by atoms with Crippen LogP contribution in [0, 0.1) is 5.82 Å². The third-order valence-electron chi connectivity index (χ3n) is 3.31. The molecule has 1 aromatic carbocycles. The van der Waals surface area contributed by atoms with Crippen molar-refractivity contribution in [3.05, 3.63) is 35.1 Å². The molecule has 2 N–H and O–H groups in total. The maximum absolute atomic E-state index is 13.5. The molecule has 1 heterocycles. The van der Waals surface area contributed by atoms with Crippen LogP contribution < -0.4 is 5.32 Å².